The van der Waals surface area contributed by atoms with Crippen LogP contribution in [0.25, 0.3) is 0 Å². The number of carbonyl (C=O) groups excluding carboxylic acids is 2. The smallest absolute Gasteiger partial charge is 0.410 e. The van der Waals surface area contributed by atoms with Gasteiger partial charge in [0.15, 0.2) is 0 Å². The monoisotopic (exact) mass is 530 g/mol. The summed E-state index contributed by atoms with van der Waals surface area (Å²) in [5.74, 6) is 5.58. The molecule has 3 heterocycles. The van der Waals surface area contributed by atoms with Gasteiger partial charge in [0, 0.05) is 30.8 Å². The Bertz CT molecular complexity index is 1070. The minimum Gasteiger partial charge on any atom is -0.477 e. The summed E-state index contributed by atoms with van der Waals surface area (Å²) < 4.78 is 10.9. The van der Waals surface area contributed by atoms with Crippen LogP contribution in [0.2, 0.25) is 0 Å². The molecule has 202 valence electrons. The molecule has 0 unspecified atom stereocenters. The Labute approximate surface area is 223 Å². The lowest BCUT2D eigenvalue weighted by Gasteiger charge is -2.34. The van der Waals surface area contributed by atoms with Crippen LogP contribution in [0.4, 0.5) is 10.5 Å². The molecule has 1 N–H and O–H groups in total. The van der Waals surface area contributed by atoms with Gasteiger partial charge in [-0.05, 0) is 64.9 Å². The van der Waals surface area contributed by atoms with E-state index in [0.29, 0.717) is 55.6 Å². The second-order valence-corrected chi connectivity index (χ2v) is 12.6. The third-order valence-electron chi connectivity index (χ3n) is 7.27. The summed E-state index contributed by atoms with van der Waals surface area (Å²) in [6, 6.07) is 1.42. The normalized spacial score (nSPS) is 25.9. The molecule has 0 aromatic carbocycles. The van der Waals surface area contributed by atoms with Crippen molar-refractivity contribution in [3.8, 4) is 11.8 Å². The molecule has 8 nitrogen and oxygen atoms in total. The van der Waals surface area contributed by atoms with Gasteiger partial charge in [0.25, 0.3) is 0 Å². The topological polar surface area (TPSA) is 96.4 Å². The fourth-order valence-electron chi connectivity index (χ4n) is 5.16. The van der Waals surface area contributed by atoms with E-state index in [4.69, 9.17) is 9.47 Å². The van der Waals surface area contributed by atoms with Crippen LogP contribution in [-0.4, -0.2) is 66.4 Å². The highest BCUT2D eigenvalue weighted by Crippen LogP contribution is 2.38. The number of likely N-dealkylation sites (tertiary alicyclic amines) is 1. The van der Waals surface area contributed by atoms with Gasteiger partial charge in [-0.1, -0.05) is 18.8 Å². The van der Waals surface area contributed by atoms with E-state index in [-0.39, 0.29) is 34.3 Å². The molecule has 4 rings (SSSR count). The SMILES string of the molecule is CC1CCC(C(=O)N(c2cc(C#CC(C)(C)C)sc2C(=O)O)[C@H]2CCN(C(=O)O[C@@H]3CCOC3)C2)CC1. The quantitative estimate of drug-likeness (QED) is 0.538. The molecule has 1 saturated carbocycles. The highest BCUT2D eigenvalue weighted by molar-refractivity contribution is 7.15. The van der Waals surface area contributed by atoms with E-state index in [1.807, 2.05) is 20.8 Å². The zero-order chi connectivity index (χ0) is 26.7. The second-order valence-electron chi connectivity index (χ2n) is 11.6. The van der Waals surface area contributed by atoms with Gasteiger partial charge in [0.1, 0.15) is 11.0 Å². The number of anilines is 1. The predicted octanol–water partition coefficient (Wildman–Crippen LogP) is 5.00. The maximum Gasteiger partial charge on any atom is 0.410 e. The first-order valence-corrected chi connectivity index (χ1v) is 14.1. The second kappa shape index (κ2) is 11.4. The van der Waals surface area contributed by atoms with E-state index in [1.54, 1.807) is 15.9 Å². The van der Waals surface area contributed by atoms with E-state index in [9.17, 15) is 19.5 Å². The largest absolute Gasteiger partial charge is 0.477 e. The van der Waals surface area contributed by atoms with Crippen molar-refractivity contribution in [2.75, 3.05) is 31.2 Å². The highest BCUT2D eigenvalue weighted by Gasteiger charge is 2.40. The number of rotatable bonds is 5. The molecule has 3 fully saturated rings. The lowest BCUT2D eigenvalue weighted by Crippen LogP contribution is -2.47. The molecule has 2 atom stereocenters. The number of carbonyl (C=O) groups is 3. The molecule has 0 radical (unpaired) electrons. The van der Waals surface area contributed by atoms with Crippen molar-refractivity contribution in [1.29, 1.82) is 0 Å². The van der Waals surface area contributed by atoms with Gasteiger partial charge < -0.3 is 24.4 Å². The van der Waals surface area contributed by atoms with Gasteiger partial charge in [0.2, 0.25) is 5.91 Å². The number of hydrogen-bond acceptors (Lipinski definition) is 6. The van der Waals surface area contributed by atoms with Gasteiger partial charge in [0.05, 0.1) is 29.8 Å². The molecular weight excluding hydrogens is 492 g/mol. The average molecular weight is 531 g/mol. The maximum atomic E-state index is 14.0. The molecule has 37 heavy (non-hydrogen) atoms. The lowest BCUT2D eigenvalue weighted by atomic mass is 9.82. The molecule has 9 heteroatoms. The molecular formula is C28H38N2O6S. The van der Waals surface area contributed by atoms with Crippen LogP contribution >= 0.6 is 11.3 Å². The summed E-state index contributed by atoms with van der Waals surface area (Å²) in [5, 5.41) is 10.1. The molecule has 2 amide bonds. The Kier molecular flexibility index (Phi) is 8.49. The number of aromatic carboxylic acids is 1. The molecule has 0 bridgehead atoms. The van der Waals surface area contributed by atoms with Gasteiger partial charge >= 0.3 is 12.1 Å². The number of thiophene rings is 1. The highest BCUT2D eigenvalue weighted by atomic mass is 32.1. The minimum absolute atomic E-state index is 0.0491. The van der Waals surface area contributed by atoms with E-state index < -0.39 is 12.1 Å². The van der Waals surface area contributed by atoms with Crippen molar-refractivity contribution in [2.24, 2.45) is 17.3 Å². The first-order chi connectivity index (χ1) is 17.5. The molecule has 1 aromatic rings. The lowest BCUT2D eigenvalue weighted by molar-refractivity contribution is -0.124. The average Bonchev–Trinajstić information content (AvgIpc) is 3.59. The zero-order valence-electron chi connectivity index (χ0n) is 22.2. The molecule has 3 aliphatic rings. The first-order valence-electron chi connectivity index (χ1n) is 13.3. The molecule has 1 aliphatic carbocycles. The Balaban J connectivity index is 1.62. The van der Waals surface area contributed by atoms with Crippen molar-refractivity contribution in [1.82, 2.24) is 4.90 Å². The van der Waals surface area contributed by atoms with Gasteiger partial charge in [-0.2, -0.15) is 0 Å². The van der Waals surface area contributed by atoms with E-state index in [1.165, 1.54) is 0 Å². The van der Waals surface area contributed by atoms with Gasteiger partial charge in [-0.3, -0.25) is 4.79 Å². The fraction of sp³-hybridized carbons (Fsp3) is 0.679. The Morgan fingerprint density at radius 2 is 1.89 bits per heavy atom. The third kappa shape index (κ3) is 6.85. The minimum atomic E-state index is -1.07. The van der Waals surface area contributed by atoms with E-state index in [0.717, 1.165) is 37.0 Å². The zero-order valence-corrected chi connectivity index (χ0v) is 23.1. The van der Waals surface area contributed by atoms with Gasteiger partial charge in [-0.15, -0.1) is 11.3 Å². The Morgan fingerprint density at radius 3 is 2.51 bits per heavy atom. The number of ether oxygens (including phenoxy) is 2. The number of carboxylic acid groups (broad SMARTS) is 1. The van der Waals surface area contributed by atoms with Crippen LogP contribution < -0.4 is 4.90 Å². The van der Waals surface area contributed by atoms with Crippen molar-refractivity contribution >= 4 is 35.0 Å². The summed E-state index contributed by atoms with van der Waals surface area (Å²) in [5.41, 5.74) is 0.155. The van der Waals surface area contributed by atoms with Gasteiger partial charge in [-0.25, -0.2) is 9.59 Å². The molecule has 2 aliphatic heterocycles. The van der Waals surface area contributed by atoms with E-state index >= 15 is 0 Å². The third-order valence-corrected chi connectivity index (χ3v) is 8.30. The van der Waals surface area contributed by atoms with Crippen molar-refractivity contribution in [3.05, 3.63) is 15.8 Å². The molecule has 2 saturated heterocycles. The van der Waals surface area contributed by atoms with Crippen LogP contribution in [0.15, 0.2) is 6.07 Å². The van der Waals surface area contributed by atoms with Crippen LogP contribution in [0.1, 0.15) is 80.8 Å². The van der Waals surface area contributed by atoms with Crippen molar-refractivity contribution < 1.29 is 29.0 Å². The summed E-state index contributed by atoms with van der Waals surface area (Å²) in [6.07, 6.45) is 4.14. The predicted molar refractivity (Wildman–Crippen MR) is 142 cm³/mol. The molecule has 0 spiro atoms. The Morgan fingerprint density at radius 1 is 1.16 bits per heavy atom. The van der Waals surface area contributed by atoms with Crippen LogP contribution in [0.3, 0.4) is 0 Å². The summed E-state index contributed by atoms with van der Waals surface area (Å²) in [7, 11) is 0. The first kappa shape index (κ1) is 27.5. The standard InChI is InChI=1S/C28H38N2O6S/c1-18-5-7-19(8-6-18)25(31)30(20-10-13-29(16-20)27(34)36-21-11-14-35-17-21)23-15-22(9-12-28(2,3)4)37-24(23)26(32)33/h15,18-21H,5-8,10-11,13-14,16-17H2,1-4H3,(H,32,33)/t18?,19?,20-,21+/m0/s1. The van der Waals surface area contributed by atoms with Crippen molar-refractivity contribution in [2.45, 2.75) is 78.4 Å². The van der Waals surface area contributed by atoms with Crippen LogP contribution in [0, 0.1) is 29.1 Å². The van der Waals surface area contributed by atoms with Crippen molar-refractivity contribution in [3.63, 3.8) is 0 Å². The fourth-order valence-corrected chi connectivity index (χ4v) is 6.01. The van der Waals surface area contributed by atoms with E-state index in [2.05, 4.69) is 18.8 Å². The summed E-state index contributed by atoms with van der Waals surface area (Å²) in [4.78, 5) is 43.1. The number of amides is 2. The number of hydrogen-bond donors (Lipinski definition) is 1. The summed E-state index contributed by atoms with van der Waals surface area (Å²) in [6.45, 7) is 9.94. The Hall–Kier alpha value is -2.57. The summed E-state index contributed by atoms with van der Waals surface area (Å²) >= 11 is 1.10. The van der Waals surface area contributed by atoms with Crippen LogP contribution in [-0.2, 0) is 14.3 Å². The number of nitrogens with zero attached hydrogens (tertiary/aromatic N) is 2. The molecule has 1 aromatic heterocycles. The number of carboxylic acids is 1. The van der Waals surface area contributed by atoms with Crippen LogP contribution in [0.5, 0.6) is 0 Å². The maximum absolute atomic E-state index is 14.0.